The highest BCUT2D eigenvalue weighted by Crippen LogP contribution is 2.44. The predicted octanol–water partition coefficient (Wildman–Crippen LogP) is 7.25. The molecule has 0 saturated carbocycles. The zero-order valence-corrected chi connectivity index (χ0v) is 19.7. The second kappa shape index (κ2) is 7.58. The number of rotatable bonds is 3. The van der Waals surface area contributed by atoms with Crippen molar-refractivity contribution in [1.82, 2.24) is 0 Å². The van der Waals surface area contributed by atoms with Crippen molar-refractivity contribution in [1.29, 1.82) is 0 Å². The smallest absolute Gasteiger partial charge is 0.150 e. The Morgan fingerprint density at radius 2 is 1.74 bits per heavy atom. The lowest BCUT2D eigenvalue weighted by Crippen LogP contribution is -2.36. The summed E-state index contributed by atoms with van der Waals surface area (Å²) in [6.07, 6.45) is 11.8. The molecule has 0 bridgehead atoms. The topological polar surface area (TPSA) is 12.5 Å². The summed E-state index contributed by atoms with van der Waals surface area (Å²) in [5, 5.41) is 0. The summed E-state index contributed by atoms with van der Waals surface area (Å²) in [5.74, 6) is 1.48. The highest BCUT2D eigenvalue weighted by Gasteiger charge is 2.34. The molecule has 0 N–H and O–H groups in total. The van der Waals surface area contributed by atoms with E-state index in [1.807, 2.05) is 0 Å². The van der Waals surface area contributed by atoms with E-state index >= 15 is 0 Å². The number of anilines is 1. The van der Waals surface area contributed by atoms with Crippen LogP contribution in [0, 0.1) is 0 Å². The first-order valence-corrected chi connectivity index (χ1v) is 12.0. The average Bonchev–Trinajstić information content (AvgIpc) is 2.73. The molecular weight excluding hydrogens is 378 g/mol. The Kier molecular flexibility index (Phi) is 5.00. The van der Waals surface area contributed by atoms with Crippen LogP contribution in [0.5, 0.6) is 5.75 Å². The molecule has 0 aromatic heterocycles. The van der Waals surface area contributed by atoms with Gasteiger partial charge in [0.05, 0.1) is 0 Å². The van der Waals surface area contributed by atoms with Gasteiger partial charge in [-0.25, -0.2) is 0 Å². The summed E-state index contributed by atoms with van der Waals surface area (Å²) in [7, 11) is 0. The first-order valence-electron chi connectivity index (χ1n) is 12.0. The van der Waals surface area contributed by atoms with Gasteiger partial charge in [-0.1, -0.05) is 37.6 Å². The number of nitrogens with zero attached hydrogens (tertiary/aromatic N) is 1. The summed E-state index contributed by atoms with van der Waals surface area (Å²) in [5.41, 5.74) is 10.6. The Bertz CT molecular complexity index is 1060. The van der Waals surface area contributed by atoms with Crippen LogP contribution in [0.1, 0.15) is 86.8 Å². The van der Waals surface area contributed by atoms with Crippen molar-refractivity contribution in [2.45, 2.75) is 71.8 Å². The lowest BCUT2D eigenvalue weighted by atomic mass is 9.83. The van der Waals surface area contributed by atoms with Crippen LogP contribution in [0.2, 0.25) is 0 Å². The molecule has 0 amide bonds. The first-order chi connectivity index (χ1) is 14.9. The van der Waals surface area contributed by atoms with E-state index in [4.69, 9.17) is 4.74 Å². The molecule has 0 fully saturated rings. The van der Waals surface area contributed by atoms with Crippen molar-refractivity contribution in [2.24, 2.45) is 0 Å². The largest absolute Gasteiger partial charge is 0.478 e. The molecular formula is C29H35NO. The maximum Gasteiger partial charge on any atom is 0.150 e. The van der Waals surface area contributed by atoms with Crippen molar-refractivity contribution in [3.63, 3.8) is 0 Å². The highest BCUT2D eigenvalue weighted by atomic mass is 16.5. The quantitative estimate of drug-likeness (QED) is 0.525. The summed E-state index contributed by atoms with van der Waals surface area (Å²) < 4.78 is 6.77. The predicted molar refractivity (Wildman–Crippen MR) is 132 cm³/mol. The Morgan fingerprint density at radius 3 is 2.35 bits per heavy atom. The van der Waals surface area contributed by atoms with Gasteiger partial charge in [0.15, 0.2) is 0 Å². The lowest BCUT2D eigenvalue weighted by Gasteiger charge is -2.39. The molecule has 2 heteroatoms. The maximum atomic E-state index is 6.77. The second-order valence-electron chi connectivity index (χ2n) is 10.2. The van der Waals surface area contributed by atoms with Gasteiger partial charge in [-0.2, -0.15) is 0 Å². The zero-order chi connectivity index (χ0) is 21.8. The molecule has 0 spiro atoms. The van der Waals surface area contributed by atoms with E-state index in [1.165, 1.54) is 83.4 Å². The molecule has 1 atom stereocenters. The third-order valence-corrected chi connectivity index (χ3v) is 7.13. The average molecular weight is 414 g/mol. The van der Waals surface area contributed by atoms with E-state index in [0.29, 0.717) is 5.92 Å². The second-order valence-corrected chi connectivity index (χ2v) is 10.2. The number of hydrogen-bond acceptors (Lipinski definition) is 2. The fraction of sp³-hybridized carbons (Fsp3) is 0.448. The third kappa shape index (κ3) is 3.50. The first kappa shape index (κ1) is 20.4. The van der Waals surface area contributed by atoms with E-state index in [1.54, 1.807) is 0 Å². The lowest BCUT2D eigenvalue weighted by molar-refractivity contribution is 0.138. The molecule has 3 heterocycles. The Labute approximate surface area is 187 Å². The molecule has 162 valence electrons. The monoisotopic (exact) mass is 413 g/mol. The minimum absolute atomic E-state index is 0.431. The van der Waals surface area contributed by atoms with Crippen LogP contribution in [0.4, 0.5) is 5.69 Å². The van der Waals surface area contributed by atoms with Gasteiger partial charge >= 0.3 is 0 Å². The van der Waals surface area contributed by atoms with Gasteiger partial charge in [-0.3, -0.25) is 0 Å². The molecule has 0 aliphatic carbocycles. The van der Waals surface area contributed by atoms with Gasteiger partial charge < -0.3 is 9.64 Å². The van der Waals surface area contributed by atoms with E-state index in [0.717, 1.165) is 5.75 Å². The Balaban J connectivity index is 1.59. The number of fused-ring (bicyclic) bond motifs is 1. The van der Waals surface area contributed by atoms with E-state index < -0.39 is 5.60 Å². The summed E-state index contributed by atoms with van der Waals surface area (Å²) in [6.45, 7) is 13.5. The number of hydrogen-bond donors (Lipinski definition) is 0. The molecule has 31 heavy (non-hydrogen) atoms. The van der Waals surface area contributed by atoms with Crippen LogP contribution in [-0.2, 0) is 18.4 Å². The SMILES string of the molecule is CC(C)=Cc1c(C(C)C)ccc2c1C=C[C@@](C)(c1cc3c4c(c1)CCCN4CCC3)O2. The van der Waals surface area contributed by atoms with Crippen molar-refractivity contribution >= 4 is 17.8 Å². The molecule has 2 aromatic carbocycles. The molecule has 0 radical (unpaired) electrons. The molecule has 3 aliphatic rings. The fourth-order valence-corrected chi connectivity index (χ4v) is 5.60. The molecule has 5 rings (SSSR count). The van der Waals surface area contributed by atoms with Crippen LogP contribution in [0.3, 0.4) is 0 Å². The number of aryl methyl sites for hydroxylation is 2. The highest BCUT2D eigenvalue weighted by molar-refractivity contribution is 5.76. The van der Waals surface area contributed by atoms with Crippen LogP contribution < -0.4 is 9.64 Å². The van der Waals surface area contributed by atoms with Crippen LogP contribution in [0.25, 0.3) is 12.2 Å². The van der Waals surface area contributed by atoms with Gasteiger partial charge in [-0.15, -0.1) is 0 Å². The minimum atomic E-state index is -0.431. The van der Waals surface area contributed by atoms with Crippen LogP contribution in [0.15, 0.2) is 35.9 Å². The molecule has 0 saturated heterocycles. The Hall–Kier alpha value is -2.48. The zero-order valence-electron chi connectivity index (χ0n) is 19.7. The number of benzene rings is 2. The van der Waals surface area contributed by atoms with E-state index in [9.17, 15) is 0 Å². The van der Waals surface area contributed by atoms with E-state index in [-0.39, 0.29) is 0 Å². The molecule has 3 aliphatic heterocycles. The van der Waals surface area contributed by atoms with Crippen molar-refractivity contribution < 1.29 is 4.74 Å². The maximum absolute atomic E-state index is 6.77. The van der Waals surface area contributed by atoms with Gasteiger partial charge in [0.1, 0.15) is 11.4 Å². The van der Waals surface area contributed by atoms with Crippen LogP contribution in [-0.4, -0.2) is 13.1 Å². The van der Waals surface area contributed by atoms with Gasteiger partial charge in [-0.05, 0) is 104 Å². The van der Waals surface area contributed by atoms with Crippen molar-refractivity contribution in [3.8, 4) is 5.75 Å². The van der Waals surface area contributed by atoms with E-state index in [2.05, 4.69) is 82.0 Å². The van der Waals surface area contributed by atoms with Crippen molar-refractivity contribution in [2.75, 3.05) is 18.0 Å². The third-order valence-electron chi connectivity index (χ3n) is 7.13. The van der Waals surface area contributed by atoms with Crippen molar-refractivity contribution in [3.05, 3.63) is 69.3 Å². The molecule has 0 unspecified atom stereocenters. The Morgan fingerprint density at radius 1 is 1.06 bits per heavy atom. The van der Waals surface area contributed by atoms with Gasteiger partial charge in [0.2, 0.25) is 0 Å². The molecule has 2 aromatic rings. The number of allylic oxidation sites excluding steroid dienone is 1. The minimum Gasteiger partial charge on any atom is -0.478 e. The molecule has 2 nitrogen and oxygen atoms in total. The van der Waals surface area contributed by atoms with Gasteiger partial charge in [0, 0.05) is 24.3 Å². The van der Waals surface area contributed by atoms with Crippen LogP contribution >= 0.6 is 0 Å². The standard InChI is InChI=1S/C29H35NO/c1-19(2)16-26-24(20(3)4)10-11-27-25(26)12-13-29(5,31-27)23-17-21-8-6-14-30-15-7-9-22(18-23)28(21)30/h10-13,16-18,20H,6-9,14-15H2,1-5H3/t29-/m0/s1. The van der Waals surface area contributed by atoms with Gasteiger partial charge in [0.25, 0.3) is 0 Å². The normalized spacial score (nSPS) is 21.4. The fourth-order valence-electron chi connectivity index (χ4n) is 5.60. The summed E-state index contributed by atoms with van der Waals surface area (Å²) in [6, 6.07) is 9.28. The summed E-state index contributed by atoms with van der Waals surface area (Å²) >= 11 is 0. The summed E-state index contributed by atoms with van der Waals surface area (Å²) in [4.78, 5) is 2.61. The number of ether oxygens (including phenoxy) is 1.